The molecule has 1 aliphatic heterocycles. The number of aldehydes is 1. The van der Waals surface area contributed by atoms with Crippen LogP contribution in [0.15, 0.2) is 206 Å². The van der Waals surface area contributed by atoms with Crippen molar-refractivity contribution >= 4 is 119 Å². The maximum Gasteiger partial charge on any atom is 0.337 e. The molecule has 2 aromatic heterocycles. The van der Waals surface area contributed by atoms with E-state index in [0.29, 0.717) is 90.1 Å². The minimum absolute atomic E-state index is 0.000293. The number of aromatic carboxylic acids is 1. The number of methoxy groups -OCH3 is 2. The normalized spacial score (nSPS) is 11.4. The molecule has 0 aliphatic carbocycles. The fourth-order valence-electron chi connectivity index (χ4n) is 12.0. The number of nitrogens with one attached hydrogen (secondary N) is 3. The first-order valence-corrected chi connectivity index (χ1v) is 41.4. The van der Waals surface area contributed by atoms with Gasteiger partial charge in [0, 0.05) is 57.4 Å². The van der Waals surface area contributed by atoms with Gasteiger partial charge >= 0.3 is 35.8 Å². The molecule has 132 heavy (non-hydrogen) atoms. The summed E-state index contributed by atoms with van der Waals surface area (Å²) < 4.78 is 113. The Morgan fingerprint density at radius 2 is 0.856 bits per heavy atom. The van der Waals surface area contributed by atoms with Crippen molar-refractivity contribution in [1.82, 2.24) is 25.7 Å². The Hall–Kier alpha value is -14.4. The van der Waals surface area contributed by atoms with Crippen LogP contribution in [0.3, 0.4) is 0 Å². The predicted octanol–water partition coefficient (Wildman–Crippen LogP) is 16.7. The van der Waals surface area contributed by atoms with Gasteiger partial charge in [0.05, 0.1) is 118 Å². The number of ketones is 3. The fourth-order valence-corrected chi connectivity index (χ4v) is 12.9. The largest absolute Gasteiger partial charge is 0.481 e. The van der Waals surface area contributed by atoms with E-state index in [1.807, 2.05) is 42.5 Å². The number of esters is 2. The Morgan fingerprint density at radius 1 is 0.470 bits per heavy atom. The molecule has 692 valence electrons. The molecule has 13 rings (SSSR count). The molecule has 0 radical (unpaired) electrons. The Kier molecular flexibility index (Phi) is 44.9. The van der Waals surface area contributed by atoms with Crippen LogP contribution in [0.4, 0.5) is 35.1 Å². The number of aromatic amines is 2. The average Bonchev–Trinajstić information content (AvgIpc) is 1.07. The number of aliphatic carboxylic acids is 3. The summed E-state index contributed by atoms with van der Waals surface area (Å²) in [5, 5.41) is 87.9. The number of amides is 1. The van der Waals surface area contributed by atoms with Crippen molar-refractivity contribution in [2.45, 2.75) is 116 Å². The molecule has 26 nitrogen and oxygen atoms in total. The molecule has 0 fully saturated rings. The average molecular weight is 1960 g/mol. The molecule has 0 bridgehead atoms. The highest BCUT2D eigenvalue weighted by Crippen LogP contribution is 2.33. The summed E-state index contributed by atoms with van der Waals surface area (Å²) in [7, 11) is 2.58. The Balaban J connectivity index is 0.000000270. The van der Waals surface area contributed by atoms with Crippen LogP contribution in [-0.2, 0) is 112 Å². The Morgan fingerprint density at radius 3 is 1.30 bits per heavy atom. The number of halogens is 10. The van der Waals surface area contributed by atoms with E-state index in [4.69, 9.17) is 41.0 Å². The first-order valence-electron chi connectivity index (χ1n) is 39.1. The summed E-state index contributed by atoms with van der Waals surface area (Å²) in [6.45, 7) is 5.91. The minimum Gasteiger partial charge on any atom is -0.481 e. The summed E-state index contributed by atoms with van der Waals surface area (Å²) in [6, 6.07) is 44.7. The van der Waals surface area contributed by atoms with Gasteiger partial charge in [0.25, 0.3) is 0 Å². The third-order valence-corrected chi connectivity index (χ3v) is 19.7. The Bertz CT molecular complexity index is 6200. The monoisotopic (exact) mass is 1950 g/mol. The number of carbonyl (C=O) groups is 11. The van der Waals surface area contributed by atoms with E-state index in [0.717, 1.165) is 56.7 Å². The smallest absolute Gasteiger partial charge is 0.337 e. The van der Waals surface area contributed by atoms with Crippen LogP contribution in [0.5, 0.6) is 0 Å². The van der Waals surface area contributed by atoms with Gasteiger partial charge in [0.15, 0.2) is 5.78 Å². The molecule has 36 heteroatoms. The van der Waals surface area contributed by atoms with E-state index in [1.165, 1.54) is 143 Å². The van der Waals surface area contributed by atoms with Crippen molar-refractivity contribution in [2.24, 2.45) is 0 Å². The second kappa shape index (κ2) is 54.8. The second-order valence-electron chi connectivity index (χ2n) is 28.6. The molecule has 12 aromatic rings. The lowest BCUT2D eigenvalue weighted by Crippen LogP contribution is -2.37. The molecular formula is C96H88Br2F8N6O20. The van der Waals surface area contributed by atoms with Gasteiger partial charge in [0.1, 0.15) is 64.4 Å². The molecule has 0 spiro atoms. The zero-order valence-corrected chi connectivity index (χ0v) is 74.6. The third kappa shape index (κ3) is 35.6. The summed E-state index contributed by atoms with van der Waals surface area (Å²) in [5.41, 5.74) is 10.4. The standard InChI is InChI=1S/C23H20FN3O4.C12H12N2O2.C9H8BrFO2.C9H8FNO.C9H9FO3.C9H7FO3.C9H9FO2.C8H8BrFO.C8H7FO2/c1-12-6-20(29)26-23(14-3-4-17(24)15(9-14)10-21(30)31)22(12)19(28)8-13-2-5-18-16(7-13)11-25-27-18;1-8(15)4-11(16)6-9-2-3-12-10(5-9)7-13-14-12;1-13-9(12)6-2-3-8(11)7(4-6)5-10;10-9-2-1-7(6-12)5-8(9)3-4-11;2*10-8-2-1-6(5-11)3-7(8)4-9(12)13;1-6-5-7(9(11)12-2)3-4-8(6)10;9-4-7-3-6(5-11)1-2-8(7)10;1-5-4-6(8(10)11)2-3-7(5)9/h2-5,7,9,11,23H,6,8,10H2,1H3,(H,25,27)(H,26,29)(H,30,31);2-3,5,7H,4,6H2,1H3,(H,13,14);2-4H,5H2,1H3;1-2,5,12H,3,6H2;1-3,11H,4-5H2,(H,12,13);1-3,5H,4H2,(H,12,13);3-5H,1-2H3;1-3,11H,4-5H2;2-4H,1H3,(H,10,11). The van der Waals surface area contributed by atoms with Crippen LogP contribution in [0.1, 0.15) is 152 Å². The molecular weight excluding hydrogens is 1870 g/mol. The molecule has 10 aromatic carbocycles. The number of carboxylic acid groups (broad SMARTS) is 4. The molecule has 1 atom stereocenters. The van der Waals surface area contributed by atoms with Gasteiger partial charge < -0.3 is 50.5 Å². The summed E-state index contributed by atoms with van der Waals surface area (Å²) >= 11 is 6.27. The predicted molar refractivity (Wildman–Crippen MR) is 475 cm³/mol. The van der Waals surface area contributed by atoms with Crippen LogP contribution in [0.25, 0.3) is 21.8 Å². The number of benzene rings is 10. The highest BCUT2D eigenvalue weighted by Gasteiger charge is 2.32. The van der Waals surface area contributed by atoms with Crippen molar-refractivity contribution in [3.63, 3.8) is 0 Å². The van der Waals surface area contributed by atoms with Crippen molar-refractivity contribution in [2.75, 3.05) is 14.2 Å². The quantitative estimate of drug-likeness (QED) is 0.00883. The SMILES string of the molecule is CC(=O)CC(=O)Cc1ccc2[nH]ncc2c1.CC1=C(C(=O)Cc2ccc3[nH]ncc3c2)C(c2ccc(F)c(CC(=O)O)c2)NC(=O)C1.COC(=O)c1ccc(F)c(C)c1.COC(=O)c1ccc(F)c(CBr)c1.Cc1cc(C(=O)O)ccc1F.N#CCc1cc(CO)ccc1F.O=C(O)Cc1cc(CO)ccc1F.O=Cc1ccc(F)c(CC(=O)O)c1.OCc1ccc(F)c(CBr)c1. The van der Waals surface area contributed by atoms with Gasteiger partial charge in [-0.3, -0.25) is 48.6 Å². The van der Waals surface area contributed by atoms with Crippen molar-refractivity contribution < 1.29 is 133 Å². The number of nitriles is 1. The number of aliphatic hydroxyl groups excluding tert-OH is 3. The lowest BCUT2D eigenvalue weighted by atomic mass is 9.85. The maximum absolute atomic E-state index is 14.1. The number of carboxylic acids is 4. The first-order chi connectivity index (χ1) is 62.7. The number of H-pyrrole nitrogens is 2. The molecule has 3 heterocycles. The molecule has 1 amide bonds. The van der Waals surface area contributed by atoms with Gasteiger partial charge in [-0.25, -0.2) is 49.5 Å². The van der Waals surface area contributed by atoms with Crippen LogP contribution < -0.4 is 5.32 Å². The van der Waals surface area contributed by atoms with E-state index in [9.17, 15) is 87.9 Å². The highest BCUT2D eigenvalue weighted by atomic mass is 79.9. The van der Waals surface area contributed by atoms with Gasteiger partial charge in [-0.2, -0.15) is 15.5 Å². The second-order valence-corrected chi connectivity index (χ2v) is 29.7. The van der Waals surface area contributed by atoms with Crippen molar-refractivity contribution in [1.29, 1.82) is 5.26 Å². The van der Waals surface area contributed by atoms with Gasteiger partial charge in [0.2, 0.25) is 5.91 Å². The number of ether oxygens (including phenoxy) is 2. The van der Waals surface area contributed by atoms with Crippen LogP contribution >= 0.6 is 31.9 Å². The van der Waals surface area contributed by atoms with Gasteiger partial charge in [-0.05, 0) is 240 Å². The van der Waals surface area contributed by atoms with Gasteiger partial charge in [-0.1, -0.05) is 79.9 Å². The number of fused-ring (bicyclic) bond motifs is 2. The third-order valence-electron chi connectivity index (χ3n) is 18.5. The number of alkyl halides is 2. The number of hydrogen-bond donors (Lipinski definition) is 10. The molecule has 10 N–H and O–H groups in total. The molecule has 0 saturated carbocycles. The summed E-state index contributed by atoms with van der Waals surface area (Å²) in [4.78, 5) is 122. The van der Waals surface area contributed by atoms with E-state index < -0.39 is 78.0 Å². The number of Topliss-reactive ketones (excluding diaryl/α,β-unsaturated/α-hetero) is 3. The van der Waals surface area contributed by atoms with Crippen LogP contribution in [0.2, 0.25) is 0 Å². The highest BCUT2D eigenvalue weighted by molar-refractivity contribution is 9.08. The van der Waals surface area contributed by atoms with Crippen LogP contribution in [-0.4, -0.2) is 136 Å². The topological polar surface area (TPSA) is 441 Å². The lowest BCUT2D eigenvalue weighted by molar-refractivity contribution is -0.137. The van der Waals surface area contributed by atoms with Gasteiger partial charge in [-0.15, -0.1) is 0 Å². The minimum atomic E-state index is -1.17. The fraction of sp³-hybridized carbons (Fsp3) is 0.208. The zero-order chi connectivity index (χ0) is 98.0. The van der Waals surface area contributed by atoms with E-state index in [-0.39, 0.29) is 126 Å². The number of aryl methyl sites for hydroxylation is 2. The van der Waals surface area contributed by atoms with Crippen molar-refractivity contribution in [3.8, 4) is 6.07 Å². The molecule has 0 saturated heterocycles. The number of nitrogens with zero attached hydrogens (tertiary/aromatic N) is 3. The van der Waals surface area contributed by atoms with E-state index in [1.54, 1.807) is 38.4 Å². The zero-order valence-electron chi connectivity index (χ0n) is 71.4. The van der Waals surface area contributed by atoms with Crippen LogP contribution in [0, 0.1) is 71.7 Å². The van der Waals surface area contributed by atoms with E-state index >= 15 is 0 Å². The molecule has 1 unspecified atom stereocenters. The summed E-state index contributed by atoms with van der Waals surface area (Å²) in [6.07, 6.45) is 3.28. The number of aliphatic hydroxyl groups is 3. The number of aromatic nitrogens is 4. The number of rotatable bonds is 24. The number of carbonyl (C=O) groups excluding carboxylic acids is 7. The Labute approximate surface area is 766 Å². The van der Waals surface area contributed by atoms with E-state index in [2.05, 4.69) is 67.0 Å². The van der Waals surface area contributed by atoms with Crippen molar-refractivity contribution in [3.05, 3.63) is 352 Å². The first kappa shape index (κ1) is 108. The summed E-state index contributed by atoms with van der Waals surface area (Å²) in [5.74, 6) is -9.31. The maximum atomic E-state index is 14.1. The number of hydrogen-bond acceptors (Lipinski definition) is 19. The molecule has 1 aliphatic rings. The lowest BCUT2D eigenvalue weighted by Gasteiger charge is -2.28.